The molecule has 2 N–H and O–H groups in total. The van der Waals surface area contributed by atoms with E-state index >= 15 is 0 Å². The van der Waals surface area contributed by atoms with E-state index in [1.165, 1.54) is 16.5 Å². The monoisotopic (exact) mass is 337 g/mol. The Hall–Kier alpha value is -2.60. The Morgan fingerprint density at radius 1 is 1.36 bits per heavy atom. The molecule has 0 spiro atoms. The first-order valence-electron chi connectivity index (χ1n) is 8.64. The number of aliphatic hydroxyl groups is 1. The number of β-amino-alcohol motifs (C(OH)–C–C–N with tert-alkyl or cyclic N) is 1. The molecule has 1 unspecified atom stereocenters. The van der Waals surface area contributed by atoms with Gasteiger partial charge in [0.1, 0.15) is 5.82 Å². The van der Waals surface area contributed by atoms with Crippen LogP contribution in [-0.4, -0.2) is 46.3 Å². The minimum absolute atomic E-state index is 0.259. The maximum Gasteiger partial charge on any atom is 0.227 e. The van der Waals surface area contributed by atoms with Crippen molar-refractivity contribution in [1.29, 1.82) is 0 Å². The van der Waals surface area contributed by atoms with Gasteiger partial charge in [-0.05, 0) is 37.1 Å². The molecule has 130 valence electrons. The highest BCUT2D eigenvalue weighted by molar-refractivity contribution is 5.84. The second-order valence-corrected chi connectivity index (χ2v) is 6.82. The van der Waals surface area contributed by atoms with Crippen molar-refractivity contribution < 1.29 is 5.11 Å². The largest absolute Gasteiger partial charge is 0.391 e. The number of hydrogen-bond acceptors (Lipinski definition) is 5. The first-order chi connectivity index (χ1) is 12.1. The third-order valence-corrected chi connectivity index (χ3v) is 4.79. The standard InChI is InChI=1S/C19H23N5O/c1-13-3-4-17-16(9-13)14(10-21-17)11-23(2)19-20-7-5-18(22-19)24-8-6-15(25)12-24/h3-5,7,9-10,15,21,25H,6,8,11-12H2,1-2H3. The number of hydrogen-bond donors (Lipinski definition) is 2. The van der Waals surface area contributed by atoms with Crippen LogP contribution in [0.25, 0.3) is 10.9 Å². The number of fused-ring (bicyclic) bond motifs is 1. The molecule has 0 aliphatic carbocycles. The van der Waals surface area contributed by atoms with E-state index in [9.17, 15) is 5.11 Å². The third-order valence-electron chi connectivity index (χ3n) is 4.79. The summed E-state index contributed by atoms with van der Waals surface area (Å²) in [5.41, 5.74) is 3.63. The predicted molar refractivity (Wildman–Crippen MR) is 100 cm³/mol. The summed E-state index contributed by atoms with van der Waals surface area (Å²) >= 11 is 0. The molecule has 4 rings (SSSR count). The van der Waals surface area contributed by atoms with E-state index in [1.54, 1.807) is 6.20 Å². The molecule has 6 nitrogen and oxygen atoms in total. The van der Waals surface area contributed by atoms with E-state index in [2.05, 4.69) is 56.1 Å². The zero-order valence-electron chi connectivity index (χ0n) is 14.6. The van der Waals surface area contributed by atoms with Gasteiger partial charge in [0, 0.05) is 50.0 Å². The van der Waals surface area contributed by atoms with Crippen LogP contribution in [0.3, 0.4) is 0 Å². The van der Waals surface area contributed by atoms with Gasteiger partial charge < -0.3 is 19.9 Å². The number of nitrogens with zero attached hydrogens (tertiary/aromatic N) is 4. The summed E-state index contributed by atoms with van der Waals surface area (Å²) in [6.07, 6.45) is 4.38. The molecule has 1 aliphatic heterocycles. The second-order valence-electron chi connectivity index (χ2n) is 6.82. The minimum atomic E-state index is -0.259. The number of aromatic amines is 1. The van der Waals surface area contributed by atoms with E-state index in [0.29, 0.717) is 12.5 Å². The summed E-state index contributed by atoms with van der Waals surface area (Å²) in [6, 6.07) is 8.34. The quantitative estimate of drug-likeness (QED) is 0.765. The average Bonchev–Trinajstić information content (AvgIpc) is 3.21. The average molecular weight is 337 g/mol. The van der Waals surface area contributed by atoms with Crippen LogP contribution < -0.4 is 9.80 Å². The van der Waals surface area contributed by atoms with Gasteiger partial charge in [0.05, 0.1) is 6.10 Å². The van der Waals surface area contributed by atoms with Gasteiger partial charge in [-0.3, -0.25) is 0 Å². The first kappa shape index (κ1) is 15.9. The highest BCUT2D eigenvalue weighted by Gasteiger charge is 2.22. The highest BCUT2D eigenvalue weighted by Crippen LogP contribution is 2.23. The van der Waals surface area contributed by atoms with Gasteiger partial charge in [-0.15, -0.1) is 0 Å². The summed E-state index contributed by atoms with van der Waals surface area (Å²) < 4.78 is 0. The molecule has 0 saturated carbocycles. The number of H-pyrrole nitrogens is 1. The Labute approximate surface area is 147 Å². The lowest BCUT2D eigenvalue weighted by Crippen LogP contribution is -2.24. The summed E-state index contributed by atoms with van der Waals surface area (Å²) in [5, 5.41) is 11.0. The number of benzene rings is 1. The lowest BCUT2D eigenvalue weighted by molar-refractivity contribution is 0.198. The van der Waals surface area contributed by atoms with Crippen LogP contribution >= 0.6 is 0 Å². The van der Waals surface area contributed by atoms with Crippen LogP contribution in [0.1, 0.15) is 17.5 Å². The van der Waals surface area contributed by atoms with Crippen molar-refractivity contribution in [2.75, 3.05) is 29.9 Å². The molecule has 0 amide bonds. The van der Waals surface area contributed by atoms with E-state index in [4.69, 9.17) is 0 Å². The normalized spacial score (nSPS) is 17.4. The fourth-order valence-corrected chi connectivity index (χ4v) is 3.40. The molecule has 1 atom stereocenters. The molecule has 3 heterocycles. The fourth-order valence-electron chi connectivity index (χ4n) is 3.40. The van der Waals surface area contributed by atoms with Crippen LogP contribution in [0.2, 0.25) is 0 Å². The molecule has 0 bridgehead atoms. The van der Waals surface area contributed by atoms with E-state index in [-0.39, 0.29) is 6.10 Å². The first-order valence-corrected chi connectivity index (χ1v) is 8.64. The van der Waals surface area contributed by atoms with Gasteiger partial charge in [0.15, 0.2) is 0 Å². The van der Waals surface area contributed by atoms with Gasteiger partial charge in [0.25, 0.3) is 0 Å². The molecule has 2 aromatic heterocycles. The number of aryl methyl sites for hydroxylation is 1. The molecule has 3 aromatic rings. The summed E-state index contributed by atoms with van der Waals surface area (Å²) in [4.78, 5) is 16.6. The maximum absolute atomic E-state index is 9.73. The number of aromatic nitrogens is 3. The summed E-state index contributed by atoms with van der Waals surface area (Å²) in [6.45, 7) is 4.32. The molecule has 1 aliphatic rings. The van der Waals surface area contributed by atoms with Gasteiger partial charge in [-0.2, -0.15) is 4.98 Å². The number of rotatable bonds is 4. The lowest BCUT2D eigenvalue weighted by Gasteiger charge is -2.21. The third kappa shape index (κ3) is 3.17. The van der Waals surface area contributed by atoms with Crippen LogP contribution in [-0.2, 0) is 6.54 Å². The van der Waals surface area contributed by atoms with Gasteiger partial charge in [-0.1, -0.05) is 11.6 Å². The molecular formula is C19H23N5O. The van der Waals surface area contributed by atoms with Crippen molar-refractivity contribution in [1.82, 2.24) is 15.0 Å². The topological polar surface area (TPSA) is 68.3 Å². The number of nitrogens with one attached hydrogen (secondary N) is 1. The molecule has 1 saturated heterocycles. The minimum Gasteiger partial charge on any atom is -0.391 e. The van der Waals surface area contributed by atoms with Gasteiger partial charge >= 0.3 is 0 Å². The van der Waals surface area contributed by atoms with Crippen molar-refractivity contribution in [3.63, 3.8) is 0 Å². The lowest BCUT2D eigenvalue weighted by atomic mass is 10.1. The second kappa shape index (κ2) is 6.37. The Bertz CT molecular complexity index is 890. The SMILES string of the molecule is Cc1ccc2[nH]cc(CN(C)c3nccc(N4CCC(O)C4)n3)c2c1. The predicted octanol–water partition coefficient (Wildman–Crippen LogP) is 2.47. The smallest absolute Gasteiger partial charge is 0.227 e. The zero-order chi connectivity index (χ0) is 17.4. The van der Waals surface area contributed by atoms with Gasteiger partial charge in [-0.25, -0.2) is 4.98 Å². The molecular weight excluding hydrogens is 314 g/mol. The zero-order valence-corrected chi connectivity index (χ0v) is 14.6. The summed E-state index contributed by atoms with van der Waals surface area (Å²) in [5.74, 6) is 1.57. The van der Waals surface area contributed by atoms with E-state index in [1.807, 2.05) is 13.1 Å². The Morgan fingerprint density at radius 3 is 3.04 bits per heavy atom. The van der Waals surface area contributed by atoms with Crippen molar-refractivity contribution in [2.24, 2.45) is 0 Å². The van der Waals surface area contributed by atoms with Crippen LogP contribution in [0.4, 0.5) is 11.8 Å². The number of aliphatic hydroxyl groups excluding tert-OH is 1. The van der Waals surface area contributed by atoms with Crippen LogP contribution in [0.15, 0.2) is 36.7 Å². The molecule has 1 fully saturated rings. The Balaban J connectivity index is 1.56. The molecule has 1 aromatic carbocycles. The summed E-state index contributed by atoms with van der Waals surface area (Å²) in [7, 11) is 2.01. The fraction of sp³-hybridized carbons (Fsp3) is 0.368. The Kier molecular flexibility index (Phi) is 4.05. The van der Waals surface area contributed by atoms with E-state index in [0.717, 1.165) is 30.8 Å². The molecule has 0 radical (unpaired) electrons. The van der Waals surface area contributed by atoms with Crippen molar-refractivity contribution in [3.05, 3.63) is 47.8 Å². The van der Waals surface area contributed by atoms with Crippen LogP contribution in [0, 0.1) is 6.92 Å². The van der Waals surface area contributed by atoms with Crippen molar-refractivity contribution in [2.45, 2.75) is 26.0 Å². The molecule has 6 heteroatoms. The highest BCUT2D eigenvalue weighted by atomic mass is 16.3. The van der Waals surface area contributed by atoms with Crippen LogP contribution in [0.5, 0.6) is 0 Å². The van der Waals surface area contributed by atoms with Gasteiger partial charge in [0.2, 0.25) is 5.95 Å². The maximum atomic E-state index is 9.73. The Morgan fingerprint density at radius 2 is 2.24 bits per heavy atom. The van der Waals surface area contributed by atoms with E-state index < -0.39 is 0 Å². The van der Waals surface area contributed by atoms with Crippen molar-refractivity contribution >= 4 is 22.7 Å². The number of anilines is 2. The van der Waals surface area contributed by atoms with Crippen molar-refractivity contribution in [3.8, 4) is 0 Å². The molecule has 25 heavy (non-hydrogen) atoms.